The predicted molar refractivity (Wildman–Crippen MR) is 53.5 cm³/mol. The average Bonchev–Trinajstić information content (AvgIpc) is 2.18. The molecule has 0 aliphatic heterocycles. The molecule has 1 heterocycles. The van der Waals surface area contributed by atoms with Crippen LogP contribution in [0.15, 0.2) is 18.5 Å². The van der Waals surface area contributed by atoms with Crippen molar-refractivity contribution in [3.05, 3.63) is 24.0 Å². The highest BCUT2D eigenvalue weighted by molar-refractivity contribution is 5.93. The fraction of sp³-hybridized carbons (Fsp3) is 0.222. The van der Waals surface area contributed by atoms with Crippen LogP contribution >= 0.6 is 0 Å². The number of hydrogen-bond acceptors (Lipinski definition) is 4. The Morgan fingerprint density at radius 2 is 2.20 bits per heavy atom. The van der Waals surface area contributed by atoms with E-state index in [0.29, 0.717) is 5.69 Å². The number of pyridine rings is 1. The molecule has 0 saturated heterocycles. The van der Waals surface area contributed by atoms with Crippen LogP contribution < -0.4 is 11.1 Å². The third-order valence-electron chi connectivity index (χ3n) is 1.64. The van der Waals surface area contributed by atoms with Gasteiger partial charge in [-0.1, -0.05) is 0 Å². The number of anilines is 1. The highest BCUT2D eigenvalue weighted by atomic mass is 16.4. The zero-order valence-electron chi connectivity index (χ0n) is 7.93. The molecular weight excluding hydrogens is 198 g/mol. The third kappa shape index (κ3) is 3.35. The molecule has 80 valence electrons. The monoisotopic (exact) mass is 209 g/mol. The molecule has 0 saturated carbocycles. The lowest BCUT2D eigenvalue weighted by Gasteiger charge is -2.03. The standard InChI is InChI=1S/C9H11N3O3/c10-2-1-8(13)12-7-3-6(9(14)15)4-11-5-7/h3-5H,1-2,10H2,(H,12,13)(H,14,15). The van der Waals surface area contributed by atoms with Crippen LogP contribution in [0.4, 0.5) is 5.69 Å². The molecule has 1 aromatic rings. The van der Waals surface area contributed by atoms with Crippen LogP contribution in [0.25, 0.3) is 0 Å². The van der Waals surface area contributed by atoms with E-state index in [1.165, 1.54) is 18.5 Å². The van der Waals surface area contributed by atoms with Gasteiger partial charge >= 0.3 is 5.97 Å². The average molecular weight is 209 g/mol. The highest BCUT2D eigenvalue weighted by Crippen LogP contribution is 2.08. The highest BCUT2D eigenvalue weighted by Gasteiger charge is 2.06. The van der Waals surface area contributed by atoms with Gasteiger partial charge in [0.15, 0.2) is 0 Å². The zero-order chi connectivity index (χ0) is 11.3. The lowest BCUT2D eigenvalue weighted by molar-refractivity contribution is -0.116. The normalized spacial score (nSPS) is 9.67. The predicted octanol–water partition coefficient (Wildman–Crippen LogP) is 0.0671. The molecule has 0 aliphatic carbocycles. The van der Waals surface area contributed by atoms with Crippen LogP contribution in [0.2, 0.25) is 0 Å². The molecular formula is C9H11N3O3. The van der Waals surface area contributed by atoms with Gasteiger partial charge in [-0.2, -0.15) is 0 Å². The van der Waals surface area contributed by atoms with Gasteiger partial charge in [-0.15, -0.1) is 0 Å². The Morgan fingerprint density at radius 1 is 1.47 bits per heavy atom. The maximum absolute atomic E-state index is 11.1. The van der Waals surface area contributed by atoms with Crippen LogP contribution in [-0.4, -0.2) is 28.5 Å². The minimum Gasteiger partial charge on any atom is -0.478 e. The number of nitrogens with zero attached hydrogens (tertiary/aromatic N) is 1. The summed E-state index contributed by atoms with van der Waals surface area (Å²) in [6.45, 7) is 0.248. The van der Waals surface area contributed by atoms with Crippen LogP contribution in [-0.2, 0) is 4.79 Å². The van der Waals surface area contributed by atoms with E-state index in [-0.39, 0.29) is 24.4 Å². The fourth-order valence-corrected chi connectivity index (χ4v) is 0.980. The topological polar surface area (TPSA) is 105 Å². The lowest BCUT2D eigenvalue weighted by atomic mass is 10.2. The van der Waals surface area contributed by atoms with Crippen molar-refractivity contribution in [3.8, 4) is 0 Å². The molecule has 15 heavy (non-hydrogen) atoms. The van der Waals surface area contributed by atoms with Gasteiger partial charge in [0, 0.05) is 19.2 Å². The number of amides is 1. The second-order valence-corrected chi connectivity index (χ2v) is 2.85. The molecule has 0 spiro atoms. The molecule has 6 heteroatoms. The number of carbonyl (C=O) groups is 2. The molecule has 0 radical (unpaired) electrons. The fourth-order valence-electron chi connectivity index (χ4n) is 0.980. The van der Waals surface area contributed by atoms with Gasteiger partial charge in [-0.05, 0) is 6.07 Å². The molecule has 0 bridgehead atoms. The number of hydrogen-bond donors (Lipinski definition) is 3. The van der Waals surface area contributed by atoms with E-state index in [1.54, 1.807) is 0 Å². The van der Waals surface area contributed by atoms with E-state index >= 15 is 0 Å². The van der Waals surface area contributed by atoms with Crippen molar-refractivity contribution in [2.24, 2.45) is 5.73 Å². The summed E-state index contributed by atoms with van der Waals surface area (Å²) < 4.78 is 0. The smallest absolute Gasteiger partial charge is 0.337 e. The summed E-state index contributed by atoms with van der Waals surface area (Å²) in [4.78, 5) is 25.4. The van der Waals surface area contributed by atoms with E-state index in [4.69, 9.17) is 10.8 Å². The Morgan fingerprint density at radius 3 is 2.80 bits per heavy atom. The first-order valence-corrected chi connectivity index (χ1v) is 4.31. The Hall–Kier alpha value is -1.95. The lowest BCUT2D eigenvalue weighted by Crippen LogP contribution is -2.16. The Kier molecular flexibility index (Phi) is 3.75. The number of nitrogens with two attached hydrogens (primary N) is 1. The largest absolute Gasteiger partial charge is 0.478 e. The summed E-state index contributed by atoms with van der Waals surface area (Å²) in [5, 5.41) is 11.2. The SMILES string of the molecule is NCCC(=O)Nc1cncc(C(=O)O)c1. The summed E-state index contributed by atoms with van der Waals surface area (Å²) in [7, 11) is 0. The van der Waals surface area contributed by atoms with Crippen LogP contribution in [0, 0.1) is 0 Å². The van der Waals surface area contributed by atoms with Crippen molar-refractivity contribution >= 4 is 17.6 Å². The molecule has 0 atom stereocenters. The Labute approximate surface area is 86.1 Å². The van der Waals surface area contributed by atoms with Gasteiger partial charge < -0.3 is 16.2 Å². The van der Waals surface area contributed by atoms with E-state index in [9.17, 15) is 9.59 Å². The first kappa shape index (κ1) is 11.1. The Balaban J connectivity index is 2.73. The summed E-state index contributed by atoms with van der Waals surface area (Å²) in [6.07, 6.45) is 2.78. The van der Waals surface area contributed by atoms with Gasteiger partial charge in [-0.25, -0.2) is 4.79 Å². The number of nitrogens with one attached hydrogen (secondary N) is 1. The van der Waals surface area contributed by atoms with Crippen molar-refractivity contribution in [2.75, 3.05) is 11.9 Å². The van der Waals surface area contributed by atoms with Gasteiger partial charge in [0.2, 0.25) is 5.91 Å². The number of carbonyl (C=O) groups excluding carboxylic acids is 1. The van der Waals surface area contributed by atoms with Gasteiger partial charge in [0.05, 0.1) is 17.4 Å². The van der Waals surface area contributed by atoms with E-state index < -0.39 is 5.97 Å². The van der Waals surface area contributed by atoms with Crippen LogP contribution in [0.3, 0.4) is 0 Å². The van der Waals surface area contributed by atoms with Crippen molar-refractivity contribution in [1.82, 2.24) is 4.98 Å². The minimum absolute atomic E-state index is 0.0283. The molecule has 0 fully saturated rings. The quantitative estimate of drug-likeness (QED) is 0.650. The van der Waals surface area contributed by atoms with Crippen LogP contribution in [0.1, 0.15) is 16.8 Å². The summed E-state index contributed by atoms with van der Waals surface area (Å²) in [6, 6.07) is 1.34. The number of rotatable bonds is 4. The number of aromatic nitrogens is 1. The van der Waals surface area contributed by atoms with Crippen molar-refractivity contribution in [3.63, 3.8) is 0 Å². The van der Waals surface area contributed by atoms with Crippen molar-refractivity contribution < 1.29 is 14.7 Å². The molecule has 1 amide bonds. The zero-order valence-corrected chi connectivity index (χ0v) is 7.93. The molecule has 0 unspecified atom stereocenters. The van der Waals surface area contributed by atoms with Crippen molar-refractivity contribution in [2.45, 2.75) is 6.42 Å². The third-order valence-corrected chi connectivity index (χ3v) is 1.64. The number of carboxylic acids is 1. The van der Waals surface area contributed by atoms with E-state index in [2.05, 4.69) is 10.3 Å². The second-order valence-electron chi connectivity index (χ2n) is 2.85. The molecule has 0 aliphatic rings. The maximum atomic E-state index is 11.1. The Bertz CT molecular complexity index is 379. The van der Waals surface area contributed by atoms with Gasteiger partial charge in [-0.3, -0.25) is 9.78 Å². The first-order chi connectivity index (χ1) is 7.13. The second kappa shape index (κ2) is 5.06. The van der Waals surface area contributed by atoms with Gasteiger partial charge in [0.1, 0.15) is 0 Å². The molecule has 0 aromatic carbocycles. The van der Waals surface area contributed by atoms with Crippen LogP contribution in [0.5, 0.6) is 0 Å². The van der Waals surface area contributed by atoms with Gasteiger partial charge in [0.25, 0.3) is 0 Å². The first-order valence-electron chi connectivity index (χ1n) is 4.31. The molecule has 1 rings (SSSR count). The number of carboxylic acid groups (broad SMARTS) is 1. The molecule has 6 nitrogen and oxygen atoms in total. The maximum Gasteiger partial charge on any atom is 0.337 e. The number of aromatic carboxylic acids is 1. The summed E-state index contributed by atoms with van der Waals surface area (Å²) >= 11 is 0. The molecule has 4 N–H and O–H groups in total. The summed E-state index contributed by atoms with van der Waals surface area (Å²) in [5.74, 6) is -1.35. The molecule has 1 aromatic heterocycles. The summed E-state index contributed by atoms with van der Waals surface area (Å²) in [5.41, 5.74) is 5.57. The van der Waals surface area contributed by atoms with E-state index in [1.807, 2.05) is 0 Å². The minimum atomic E-state index is -1.09. The van der Waals surface area contributed by atoms with Crippen molar-refractivity contribution in [1.29, 1.82) is 0 Å². The van der Waals surface area contributed by atoms with E-state index in [0.717, 1.165) is 0 Å².